The summed E-state index contributed by atoms with van der Waals surface area (Å²) in [5, 5.41) is 9.18. The molecule has 3 aromatic rings. The van der Waals surface area contributed by atoms with Crippen molar-refractivity contribution in [1.29, 1.82) is 0 Å². The minimum absolute atomic E-state index is 0.0501. The number of fused-ring (bicyclic) bond motifs is 4. The fourth-order valence-corrected chi connectivity index (χ4v) is 4.64. The third-order valence-corrected chi connectivity index (χ3v) is 5.80. The quantitative estimate of drug-likeness (QED) is 0.748. The molecule has 2 atom stereocenters. The smallest absolute Gasteiger partial charge is 0.258 e. The van der Waals surface area contributed by atoms with Crippen molar-refractivity contribution in [1.82, 2.24) is 19.4 Å². The van der Waals surface area contributed by atoms with Crippen molar-refractivity contribution in [3.8, 4) is 11.1 Å². The van der Waals surface area contributed by atoms with Gasteiger partial charge in [0.1, 0.15) is 24.5 Å². The molecule has 1 fully saturated rings. The molecule has 2 aliphatic rings. The van der Waals surface area contributed by atoms with Gasteiger partial charge in [-0.1, -0.05) is 0 Å². The molecule has 0 radical (unpaired) electrons. The normalized spacial score (nSPS) is 21.5. The molecule has 3 aromatic heterocycles. The summed E-state index contributed by atoms with van der Waals surface area (Å²) in [6.45, 7) is 3.24. The van der Waals surface area contributed by atoms with E-state index in [1.165, 1.54) is 6.33 Å². The van der Waals surface area contributed by atoms with Gasteiger partial charge in [-0.25, -0.2) is 9.97 Å². The zero-order valence-electron chi connectivity index (χ0n) is 15.5. The Labute approximate surface area is 162 Å². The maximum atomic E-state index is 13.1. The van der Waals surface area contributed by atoms with Crippen LogP contribution in [-0.4, -0.2) is 37.6 Å². The molecule has 7 nitrogen and oxygen atoms in total. The summed E-state index contributed by atoms with van der Waals surface area (Å²) in [7, 11) is 0. The van der Waals surface area contributed by atoms with Gasteiger partial charge in [0.05, 0.1) is 12.1 Å². The molecule has 1 N–H and O–H groups in total. The van der Waals surface area contributed by atoms with E-state index in [0.29, 0.717) is 23.2 Å². The van der Waals surface area contributed by atoms with Crippen LogP contribution in [0.1, 0.15) is 29.6 Å². The zero-order valence-corrected chi connectivity index (χ0v) is 15.5. The van der Waals surface area contributed by atoms with Crippen molar-refractivity contribution < 1.29 is 9.52 Å². The lowest BCUT2D eigenvalue weighted by Gasteiger charge is -2.42. The summed E-state index contributed by atoms with van der Waals surface area (Å²) >= 11 is 0. The first-order chi connectivity index (χ1) is 13.7. The molecule has 0 amide bonds. The van der Waals surface area contributed by atoms with Gasteiger partial charge in [-0.3, -0.25) is 9.69 Å². The van der Waals surface area contributed by atoms with Gasteiger partial charge in [-0.05, 0) is 36.6 Å². The molecule has 144 valence electrons. The van der Waals surface area contributed by atoms with Crippen molar-refractivity contribution >= 4 is 0 Å². The molecule has 0 saturated carbocycles. The van der Waals surface area contributed by atoms with E-state index in [2.05, 4.69) is 20.9 Å². The number of likely N-dealkylation sites (tertiary alicyclic amines) is 1. The number of furan rings is 1. The van der Waals surface area contributed by atoms with E-state index in [9.17, 15) is 9.90 Å². The Morgan fingerprint density at radius 1 is 1.07 bits per heavy atom. The first-order valence-corrected chi connectivity index (χ1v) is 9.61. The SMILES string of the molecule is O=c1c(-c2cncnc2)ccc2n1C[C@@H]1C[C@@H]2CN(Cc2ccc(CO)o2)C1. The van der Waals surface area contributed by atoms with Gasteiger partial charge < -0.3 is 14.1 Å². The highest BCUT2D eigenvalue weighted by atomic mass is 16.4. The van der Waals surface area contributed by atoms with Crippen molar-refractivity contribution in [2.75, 3.05) is 13.1 Å². The van der Waals surface area contributed by atoms with E-state index in [0.717, 1.165) is 49.6 Å². The Balaban J connectivity index is 1.41. The molecule has 2 bridgehead atoms. The van der Waals surface area contributed by atoms with Crippen molar-refractivity contribution in [3.05, 3.63) is 70.6 Å². The molecular weight excluding hydrogens is 356 g/mol. The minimum Gasteiger partial charge on any atom is -0.462 e. The molecule has 28 heavy (non-hydrogen) atoms. The van der Waals surface area contributed by atoms with Crippen LogP contribution in [0.3, 0.4) is 0 Å². The number of hydrogen-bond donors (Lipinski definition) is 1. The van der Waals surface area contributed by atoms with Crippen LogP contribution in [0.5, 0.6) is 0 Å². The molecule has 1 saturated heterocycles. The summed E-state index contributed by atoms with van der Waals surface area (Å²) < 4.78 is 7.61. The fourth-order valence-electron chi connectivity index (χ4n) is 4.64. The first kappa shape index (κ1) is 17.3. The summed E-state index contributed by atoms with van der Waals surface area (Å²) in [5.74, 6) is 2.26. The Morgan fingerprint density at radius 2 is 1.89 bits per heavy atom. The molecule has 0 unspecified atom stereocenters. The number of aromatic nitrogens is 3. The predicted octanol–water partition coefficient (Wildman–Crippen LogP) is 2.01. The summed E-state index contributed by atoms with van der Waals surface area (Å²) in [6.07, 6.45) is 5.96. The number of hydrogen-bond acceptors (Lipinski definition) is 6. The van der Waals surface area contributed by atoms with Gasteiger partial charge in [0.15, 0.2) is 0 Å². The predicted molar refractivity (Wildman–Crippen MR) is 102 cm³/mol. The van der Waals surface area contributed by atoms with Gasteiger partial charge in [0.25, 0.3) is 5.56 Å². The second-order valence-corrected chi connectivity index (χ2v) is 7.73. The van der Waals surface area contributed by atoms with Crippen LogP contribution >= 0.6 is 0 Å². The van der Waals surface area contributed by atoms with Gasteiger partial charge >= 0.3 is 0 Å². The van der Waals surface area contributed by atoms with Crippen LogP contribution in [0.2, 0.25) is 0 Å². The van der Waals surface area contributed by atoms with Gasteiger partial charge in [0, 0.05) is 49.2 Å². The van der Waals surface area contributed by atoms with Crippen LogP contribution < -0.4 is 5.56 Å². The Morgan fingerprint density at radius 3 is 2.68 bits per heavy atom. The lowest BCUT2D eigenvalue weighted by molar-refractivity contribution is 0.106. The molecule has 5 heterocycles. The molecule has 7 heteroatoms. The van der Waals surface area contributed by atoms with Crippen molar-refractivity contribution in [2.24, 2.45) is 5.92 Å². The van der Waals surface area contributed by atoms with Gasteiger partial charge in [-0.15, -0.1) is 0 Å². The average molecular weight is 378 g/mol. The minimum atomic E-state index is -0.0731. The maximum Gasteiger partial charge on any atom is 0.258 e. The second-order valence-electron chi connectivity index (χ2n) is 7.73. The molecule has 0 spiro atoms. The van der Waals surface area contributed by atoms with Crippen molar-refractivity contribution in [2.45, 2.75) is 32.0 Å². The third kappa shape index (κ3) is 3.06. The highest BCUT2D eigenvalue weighted by Crippen LogP contribution is 2.36. The Bertz CT molecular complexity index is 1040. The van der Waals surface area contributed by atoms with E-state index in [-0.39, 0.29) is 12.2 Å². The third-order valence-electron chi connectivity index (χ3n) is 5.80. The van der Waals surface area contributed by atoms with Crippen LogP contribution in [0.4, 0.5) is 0 Å². The number of aliphatic hydroxyl groups is 1. The number of rotatable bonds is 4. The number of piperidine rings is 1. The number of aliphatic hydroxyl groups excluding tert-OH is 1. The summed E-state index contributed by atoms with van der Waals surface area (Å²) in [6, 6.07) is 7.75. The van der Waals surface area contributed by atoms with Crippen LogP contribution in [0.15, 0.2) is 52.2 Å². The standard InChI is InChI=1S/C21H22N4O3/c26-12-18-2-1-17(28-18)11-24-8-14-5-15(10-24)20-4-3-19(21(27)25(20)9-14)16-6-22-13-23-7-16/h1-4,6-7,13-15,26H,5,8-12H2/t14-,15-/m1/s1. The topological polar surface area (TPSA) is 84.4 Å². The van der Waals surface area contributed by atoms with E-state index in [1.54, 1.807) is 12.4 Å². The van der Waals surface area contributed by atoms with E-state index in [1.807, 2.05) is 22.8 Å². The monoisotopic (exact) mass is 378 g/mol. The first-order valence-electron chi connectivity index (χ1n) is 9.61. The average Bonchev–Trinajstić information content (AvgIpc) is 3.17. The second kappa shape index (κ2) is 7.00. The van der Waals surface area contributed by atoms with Crippen molar-refractivity contribution in [3.63, 3.8) is 0 Å². The lowest BCUT2D eigenvalue weighted by atomic mass is 9.83. The van der Waals surface area contributed by atoms with E-state index in [4.69, 9.17) is 4.42 Å². The fraction of sp³-hybridized carbons (Fsp3) is 0.381. The molecular formula is C21H22N4O3. The molecule has 0 aromatic carbocycles. The zero-order chi connectivity index (χ0) is 19.1. The van der Waals surface area contributed by atoms with Crippen LogP contribution in [0, 0.1) is 5.92 Å². The Hall–Kier alpha value is -2.77. The maximum absolute atomic E-state index is 13.1. The van der Waals surface area contributed by atoms with E-state index >= 15 is 0 Å². The van der Waals surface area contributed by atoms with Gasteiger partial charge in [-0.2, -0.15) is 0 Å². The highest BCUT2D eigenvalue weighted by Gasteiger charge is 2.35. The summed E-state index contributed by atoms with van der Waals surface area (Å²) in [4.78, 5) is 23.6. The summed E-state index contributed by atoms with van der Waals surface area (Å²) in [5.41, 5.74) is 2.59. The molecule has 5 rings (SSSR count). The Kier molecular flexibility index (Phi) is 4.33. The largest absolute Gasteiger partial charge is 0.462 e. The number of pyridine rings is 1. The molecule has 0 aliphatic carbocycles. The molecule has 2 aliphatic heterocycles. The van der Waals surface area contributed by atoms with Crippen LogP contribution in [0.25, 0.3) is 11.1 Å². The van der Waals surface area contributed by atoms with E-state index < -0.39 is 0 Å². The lowest BCUT2D eigenvalue weighted by Crippen LogP contribution is -2.46. The highest BCUT2D eigenvalue weighted by molar-refractivity contribution is 5.60. The van der Waals surface area contributed by atoms with Crippen LogP contribution in [-0.2, 0) is 19.7 Å². The van der Waals surface area contributed by atoms with Gasteiger partial charge in [0.2, 0.25) is 0 Å². The number of nitrogens with zero attached hydrogens (tertiary/aromatic N) is 4.